The minimum Gasteiger partial charge on any atom is -0.489 e. The summed E-state index contributed by atoms with van der Waals surface area (Å²) in [5, 5.41) is 3.50. The van der Waals surface area contributed by atoms with Gasteiger partial charge in [-0.3, -0.25) is 4.79 Å². The maximum atomic E-state index is 12.0. The molecule has 3 rings (SSSR count). The van der Waals surface area contributed by atoms with Crippen molar-refractivity contribution in [1.29, 1.82) is 0 Å². The number of benzene rings is 3. The standard InChI is InChI=1S/C22H20ClNO3/c1-16-2-10-20(11-3-16)27-15-22(25)24-19-8-12-21(13-9-19)26-14-17-4-6-18(23)7-5-17/h2-13H,14-15H2,1H3,(H,24,25). The summed E-state index contributed by atoms with van der Waals surface area (Å²) in [6.07, 6.45) is 0. The van der Waals surface area contributed by atoms with Crippen LogP contribution >= 0.6 is 11.6 Å². The highest BCUT2D eigenvalue weighted by Gasteiger charge is 2.04. The zero-order chi connectivity index (χ0) is 19.1. The smallest absolute Gasteiger partial charge is 0.262 e. The van der Waals surface area contributed by atoms with Gasteiger partial charge in [0.1, 0.15) is 18.1 Å². The van der Waals surface area contributed by atoms with E-state index in [0.29, 0.717) is 23.1 Å². The monoisotopic (exact) mass is 381 g/mol. The Balaban J connectivity index is 1.45. The number of hydrogen-bond acceptors (Lipinski definition) is 3. The van der Waals surface area contributed by atoms with Crippen LogP contribution in [0, 0.1) is 6.92 Å². The Hall–Kier alpha value is -2.98. The fraction of sp³-hybridized carbons (Fsp3) is 0.136. The summed E-state index contributed by atoms with van der Waals surface area (Å²) in [6, 6.07) is 22.3. The molecule has 1 amide bonds. The van der Waals surface area contributed by atoms with E-state index in [-0.39, 0.29) is 12.5 Å². The predicted molar refractivity (Wildman–Crippen MR) is 108 cm³/mol. The van der Waals surface area contributed by atoms with Gasteiger partial charge in [0.2, 0.25) is 0 Å². The molecule has 0 saturated heterocycles. The first kappa shape index (κ1) is 18.8. The third kappa shape index (κ3) is 6.04. The molecule has 0 aliphatic rings. The van der Waals surface area contributed by atoms with E-state index in [1.54, 1.807) is 12.1 Å². The van der Waals surface area contributed by atoms with E-state index in [4.69, 9.17) is 21.1 Å². The Morgan fingerprint density at radius 3 is 2.11 bits per heavy atom. The van der Waals surface area contributed by atoms with Crippen molar-refractivity contribution in [3.8, 4) is 11.5 Å². The quantitative estimate of drug-likeness (QED) is 0.608. The van der Waals surface area contributed by atoms with Crippen molar-refractivity contribution >= 4 is 23.2 Å². The van der Waals surface area contributed by atoms with Crippen molar-refractivity contribution in [2.75, 3.05) is 11.9 Å². The van der Waals surface area contributed by atoms with Gasteiger partial charge in [-0.25, -0.2) is 0 Å². The van der Waals surface area contributed by atoms with Gasteiger partial charge in [-0.2, -0.15) is 0 Å². The summed E-state index contributed by atoms with van der Waals surface area (Å²) in [5.74, 6) is 1.17. The Labute approximate surface area is 163 Å². The fourth-order valence-electron chi connectivity index (χ4n) is 2.36. The molecule has 0 aliphatic heterocycles. The zero-order valence-electron chi connectivity index (χ0n) is 14.9. The third-order valence-corrected chi connectivity index (χ3v) is 4.10. The summed E-state index contributed by atoms with van der Waals surface area (Å²) < 4.78 is 11.2. The molecule has 0 saturated carbocycles. The Bertz CT molecular complexity index is 875. The maximum absolute atomic E-state index is 12.0. The molecule has 4 nitrogen and oxygen atoms in total. The highest BCUT2D eigenvalue weighted by Crippen LogP contribution is 2.18. The minimum atomic E-state index is -0.217. The zero-order valence-corrected chi connectivity index (χ0v) is 15.7. The molecule has 3 aromatic carbocycles. The summed E-state index contributed by atoms with van der Waals surface area (Å²) >= 11 is 5.87. The average molecular weight is 382 g/mol. The van der Waals surface area contributed by atoms with Gasteiger partial charge in [-0.1, -0.05) is 41.4 Å². The van der Waals surface area contributed by atoms with Crippen LogP contribution in [0.25, 0.3) is 0 Å². The van der Waals surface area contributed by atoms with Crippen molar-refractivity contribution in [1.82, 2.24) is 0 Å². The lowest BCUT2D eigenvalue weighted by Gasteiger charge is -2.09. The molecule has 0 heterocycles. The van der Waals surface area contributed by atoms with Crippen LogP contribution in [0.2, 0.25) is 5.02 Å². The molecule has 3 aromatic rings. The molecule has 27 heavy (non-hydrogen) atoms. The molecule has 0 spiro atoms. The molecule has 0 atom stereocenters. The minimum absolute atomic E-state index is 0.0438. The molecular weight excluding hydrogens is 362 g/mol. The van der Waals surface area contributed by atoms with Crippen LogP contribution in [0.15, 0.2) is 72.8 Å². The lowest BCUT2D eigenvalue weighted by molar-refractivity contribution is -0.118. The van der Waals surface area contributed by atoms with Gasteiger partial charge in [0.15, 0.2) is 6.61 Å². The van der Waals surface area contributed by atoms with Crippen LogP contribution < -0.4 is 14.8 Å². The highest BCUT2D eigenvalue weighted by atomic mass is 35.5. The number of amides is 1. The summed E-state index contributed by atoms with van der Waals surface area (Å²) in [5.41, 5.74) is 2.86. The molecular formula is C22H20ClNO3. The SMILES string of the molecule is Cc1ccc(OCC(=O)Nc2ccc(OCc3ccc(Cl)cc3)cc2)cc1. The van der Waals surface area contributed by atoms with Crippen LogP contribution in [0.4, 0.5) is 5.69 Å². The van der Waals surface area contributed by atoms with E-state index in [9.17, 15) is 4.79 Å². The van der Waals surface area contributed by atoms with Gasteiger partial charge in [-0.05, 0) is 61.0 Å². The number of hydrogen-bond donors (Lipinski definition) is 1. The first-order valence-electron chi connectivity index (χ1n) is 8.55. The molecule has 138 valence electrons. The van der Waals surface area contributed by atoms with Gasteiger partial charge in [0.25, 0.3) is 5.91 Å². The third-order valence-electron chi connectivity index (χ3n) is 3.85. The first-order valence-corrected chi connectivity index (χ1v) is 8.93. The van der Waals surface area contributed by atoms with Crippen molar-refractivity contribution in [2.45, 2.75) is 13.5 Å². The van der Waals surface area contributed by atoms with Crippen molar-refractivity contribution < 1.29 is 14.3 Å². The van der Waals surface area contributed by atoms with Crippen LogP contribution in [-0.4, -0.2) is 12.5 Å². The second-order valence-electron chi connectivity index (χ2n) is 6.09. The number of anilines is 1. The van der Waals surface area contributed by atoms with Crippen molar-refractivity contribution in [3.05, 3.63) is 88.9 Å². The largest absolute Gasteiger partial charge is 0.489 e. The molecule has 0 aliphatic carbocycles. The first-order chi connectivity index (χ1) is 13.1. The van der Waals surface area contributed by atoms with E-state index >= 15 is 0 Å². The summed E-state index contributed by atoms with van der Waals surface area (Å²) in [4.78, 5) is 12.0. The summed E-state index contributed by atoms with van der Waals surface area (Å²) in [7, 11) is 0. The second kappa shape index (κ2) is 9.10. The van der Waals surface area contributed by atoms with Crippen molar-refractivity contribution in [2.24, 2.45) is 0 Å². The summed E-state index contributed by atoms with van der Waals surface area (Å²) in [6.45, 7) is 2.41. The number of carbonyl (C=O) groups is 1. The number of rotatable bonds is 7. The molecule has 0 fully saturated rings. The van der Waals surface area contributed by atoms with Crippen LogP contribution in [-0.2, 0) is 11.4 Å². The van der Waals surface area contributed by atoms with Crippen LogP contribution in [0.1, 0.15) is 11.1 Å². The Kier molecular flexibility index (Phi) is 6.34. The van der Waals surface area contributed by atoms with E-state index < -0.39 is 0 Å². The van der Waals surface area contributed by atoms with E-state index in [1.807, 2.05) is 67.6 Å². The van der Waals surface area contributed by atoms with Crippen molar-refractivity contribution in [3.63, 3.8) is 0 Å². The number of carbonyl (C=O) groups excluding carboxylic acids is 1. The van der Waals surface area contributed by atoms with Gasteiger partial charge in [0.05, 0.1) is 0 Å². The molecule has 0 aromatic heterocycles. The topological polar surface area (TPSA) is 47.6 Å². The number of aryl methyl sites for hydroxylation is 1. The number of nitrogens with one attached hydrogen (secondary N) is 1. The molecule has 5 heteroatoms. The fourth-order valence-corrected chi connectivity index (χ4v) is 2.49. The van der Waals surface area contributed by atoms with Gasteiger partial charge >= 0.3 is 0 Å². The maximum Gasteiger partial charge on any atom is 0.262 e. The predicted octanol–water partition coefficient (Wildman–Crippen LogP) is 5.24. The van der Waals surface area contributed by atoms with E-state index in [0.717, 1.165) is 16.9 Å². The number of ether oxygens (including phenoxy) is 2. The van der Waals surface area contributed by atoms with E-state index in [2.05, 4.69) is 5.32 Å². The lowest BCUT2D eigenvalue weighted by atomic mass is 10.2. The average Bonchev–Trinajstić information content (AvgIpc) is 2.68. The number of halogens is 1. The normalized spacial score (nSPS) is 10.3. The van der Waals surface area contributed by atoms with E-state index in [1.165, 1.54) is 0 Å². The Morgan fingerprint density at radius 2 is 1.44 bits per heavy atom. The second-order valence-corrected chi connectivity index (χ2v) is 6.53. The van der Waals surface area contributed by atoms with Gasteiger partial charge < -0.3 is 14.8 Å². The van der Waals surface area contributed by atoms with Crippen LogP contribution in [0.3, 0.4) is 0 Å². The molecule has 0 radical (unpaired) electrons. The highest BCUT2D eigenvalue weighted by molar-refractivity contribution is 6.30. The molecule has 0 unspecified atom stereocenters. The van der Waals surface area contributed by atoms with Crippen LogP contribution in [0.5, 0.6) is 11.5 Å². The molecule has 1 N–H and O–H groups in total. The van der Waals surface area contributed by atoms with Gasteiger partial charge in [0, 0.05) is 10.7 Å². The lowest BCUT2D eigenvalue weighted by Crippen LogP contribution is -2.20. The molecule has 0 bridgehead atoms. The Morgan fingerprint density at radius 1 is 0.852 bits per heavy atom. The van der Waals surface area contributed by atoms with Gasteiger partial charge in [-0.15, -0.1) is 0 Å².